The van der Waals surface area contributed by atoms with E-state index in [1.54, 1.807) is 19.9 Å². The molecule has 4 saturated heterocycles. The molecule has 8 nitrogen and oxygen atoms in total. The zero-order valence-corrected chi connectivity index (χ0v) is 25.7. The van der Waals surface area contributed by atoms with Crippen LogP contribution in [0.5, 0.6) is 11.8 Å². The van der Waals surface area contributed by atoms with E-state index < -0.39 is 29.8 Å². The van der Waals surface area contributed by atoms with Gasteiger partial charge in [-0.05, 0) is 64.1 Å². The number of alkyl halides is 2. The highest BCUT2D eigenvalue weighted by atomic mass is 35.5. The van der Waals surface area contributed by atoms with Gasteiger partial charge in [0.05, 0.1) is 46.5 Å². The molecule has 1 spiro atoms. The lowest BCUT2D eigenvalue weighted by molar-refractivity contribution is -0.174. The molecule has 4 fully saturated rings. The van der Waals surface area contributed by atoms with Crippen LogP contribution in [0.2, 0.25) is 5.02 Å². The van der Waals surface area contributed by atoms with E-state index in [2.05, 4.69) is 19.8 Å². The van der Waals surface area contributed by atoms with Crippen molar-refractivity contribution in [1.29, 1.82) is 0 Å². The van der Waals surface area contributed by atoms with Crippen LogP contribution in [-0.4, -0.2) is 82.7 Å². The average Bonchev–Trinajstić information content (AvgIpc) is 3.46. The molecular formula is C32H35ClF3N5O3. The van der Waals surface area contributed by atoms with Crippen molar-refractivity contribution in [2.45, 2.75) is 82.4 Å². The number of pyridine rings is 1. The van der Waals surface area contributed by atoms with E-state index in [4.69, 9.17) is 30.8 Å². The maximum atomic E-state index is 17.0. The van der Waals surface area contributed by atoms with Gasteiger partial charge >= 0.3 is 6.01 Å². The van der Waals surface area contributed by atoms with Crippen LogP contribution < -0.4 is 14.4 Å². The zero-order chi connectivity index (χ0) is 30.4. The van der Waals surface area contributed by atoms with Gasteiger partial charge in [0, 0.05) is 30.8 Å². The molecule has 5 aliphatic rings. The summed E-state index contributed by atoms with van der Waals surface area (Å²) in [4.78, 5) is 18.4. The number of aromatic nitrogens is 3. The van der Waals surface area contributed by atoms with Crippen LogP contribution in [0.3, 0.4) is 0 Å². The zero-order valence-electron chi connectivity index (χ0n) is 24.9. The van der Waals surface area contributed by atoms with E-state index in [0.717, 1.165) is 38.6 Å². The molecule has 8 rings (SSSR count). The second kappa shape index (κ2) is 10.3. The Morgan fingerprint density at radius 1 is 1.14 bits per heavy atom. The number of fused-ring (bicyclic) bond motifs is 4. The Labute approximate surface area is 258 Å². The van der Waals surface area contributed by atoms with Crippen molar-refractivity contribution in [3.8, 4) is 23.0 Å². The van der Waals surface area contributed by atoms with Gasteiger partial charge in [-0.2, -0.15) is 9.97 Å². The summed E-state index contributed by atoms with van der Waals surface area (Å²) in [6.07, 6.45) is 4.04. The third-order valence-electron chi connectivity index (χ3n) is 10.4. The minimum atomic E-state index is -0.909. The molecule has 3 atom stereocenters. The van der Waals surface area contributed by atoms with Crippen LogP contribution >= 0.6 is 11.6 Å². The molecule has 1 aromatic carbocycles. The van der Waals surface area contributed by atoms with Crippen molar-refractivity contribution >= 4 is 28.3 Å². The number of ether oxygens (including phenoxy) is 3. The number of piperidine rings is 1. The van der Waals surface area contributed by atoms with E-state index in [1.807, 2.05) is 0 Å². The first kappa shape index (κ1) is 28.6. The van der Waals surface area contributed by atoms with E-state index in [1.165, 1.54) is 0 Å². The van der Waals surface area contributed by atoms with Crippen LogP contribution in [-0.2, 0) is 11.4 Å². The molecule has 0 aliphatic carbocycles. The molecule has 0 radical (unpaired) electrons. The minimum Gasteiger partial charge on any atom is -0.478 e. The number of benzene rings is 1. The predicted octanol–water partition coefficient (Wildman–Crippen LogP) is 6.05. The van der Waals surface area contributed by atoms with Crippen LogP contribution in [0.1, 0.15) is 55.3 Å². The minimum absolute atomic E-state index is 0.00673. The molecule has 7 heterocycles. The second-order valence-electron chi connectivity index (χ2n) is 13.2. The van der Waals surface area contributed by atoms with Gasteiger partial charge in [-0.25, -0.2) is 13.2 Å². The molecule has 5 aliphatic heterocycles. The number of hydrogen-bond acceptors (Lipinski definition) is 8. The third-order valence-corrected chi connectivity index (χ3v) is 10.8. The molecule has 234 valence electrons. The van der Waals surface area contributed by atoms with Gasteiger partial charge in [0.25, 0.3) is 0 Å². The Kier molecular flexibility index (Phi) is 6.70. The topological polar surface area (TPSA) is 72.8 Å². The molecule has 2 aromatic heterocycles. The molecule has 0 N–H and O–H groups in total. The van der Waals surface area contributed by atoms with Crippen LogP contribution in [0, 0.1) is 19.7 Å². The third kappa shape index (κ3) is 4.14. The molecule has 3 aromatic rings. The van der Waals surface area contributed by atoms with Crippen molar-refractivity contribution in [1.82, 2.24) is 19.9 Å². The van der Waals surface area contributed by atoms with Gasteiger partial charge in [0.2, 0.25) is 0 Å². The Morgan fingerprint density at radius 3 is 2.75 bits per heavy atom. The van der Waals surface area contributed by atoms with E-state index in [9.17, 15) is 8.78 Å². The first-order valence-corrected chi connectivity index (χ1v) is 15.9. The van der Waals surface area contributed by atoms with Crippen molar-refractivity contribution in [2.75, 3.05) is 44.4 Å². The van der Waals surface area contributed by atoms with E-state index >= 15 is 4.39 Å². The van der Waals surface area contributed by atoms with Gasteiger partial charge < -0.3 is 19.1 Å². The molecule has 0 bridgehead atoms. The summed E-state index contributed by atoms with van der Waals surface area (Å²) < 4.78 is 64.7. The molecule has 0 saturated carbocycles. The maximum Gasteiger partial charge on any atom is 0.319 e. The second-order valence-corrected chi connectivity index (χ2v) is 13.5. The standard InChI is InChI=1S/C32H35ClF3N5O3/c1-17-10-18(2)37-26(20(17)12-34)22-24(33)28-23-27(25(22)36)38-30(43-14-31-7-5-8-40(31)13-19(35)11-31)39-29(23)41-9-4-3-6-21(41)32(44-28)15-42-16-32/h10,19,21H,3-9,11-16H2,1-2H3/t19-,21+,31+/m1/s1. The number of anilines is 1. The summed E-state index contributed by atoms with van der Waals surface area (Å²) in [6.45, 7) is 5.51. The Hall–Kier alpha value is -2.89. The van der Waals surface area contributed by atoms with Crippen molar-refractivity contribution in [2.24, 2.45) is 0 Å². The highest BCUT2D eigenvalue weighted by Crippen LogP contribution is 2.53. The summed E-state index contributed by atoms with van der Waals surface area (Å²) in [5, 5.41) is 0.364. The highest BCUT2D eigenvalue weighted by Gasteiger charge is 2.55. The summed E-state index contributed by atoms with van der Waals surface area (Å²) >= 11 is 7.09. The molecule has 12 heteroatoms. The number of nitrogens with zero attached hydrogens (tertiary/aromatic N) is 5. The highest BCUT2D eigenvalue weighted by molar-refractivity contribution is 6.36. The number of hydrogen-bond donors (Lipinski definition) is 0. The quantitative estimate of drug-likeness (QED) is 0.338. The lowest BCUT2D eigenvalue weighted by Gasteiger charge is -2.50. The number of halogens is 4. The van der Waals surface area contributed by atoms with Gasteiger partial charge in [-0.15, -0.1) is 0 Å². The van der Waals surface area contributed by atoms with Gasteiger partial charge in [0.1, 0.15) is 30.8 Å². The summed E-state index contributed by atoms with van der Waals surface area (Å²) in [5.74, 6) is 0.00737. The first-order chi connectivity index (χ1) is 21.2. The van der Waals surface area contributed by atoms with E-state index in [-0.39, 0.29) is 51.8 Å². The van der Waals surface area contributed by atoms with Gasteiger partial charge in [-0.3, -0.25) is 9.88 Å². The fourth-order valence-electron chi connectivity index (χ4n) is 8.26. The SMILES string of the molecule is Cc1cc(C)c(CF)c(-c2c(Cl)c3c4c(nc(OC[C@@]56CCCN5C[C@H](F)C6)nc4c2F)N2CCCC[C@H]2C2(COC2)O3)n1. The predicted molar refractivity (Wildman–Crippen MR) is 160 cm³/mol. The Bertz CT molecular complexity index is 1670. The Balaban J connectivity index is 1.35. The number of aryl methyl sites for hydroxylation is 2. The Morgan fingerprint density at radius 2 is 1.98 bits per heavy atom. The summed E-state index contributed by atoms with van der Waals surface area (Å²) in [7, 11) is 0. The lowest BCUT2D eigenvalue weighted by atomic mass is 9.84. The van der Waals surface area contributed by atoms with Crippen molar-refractivity contribution in [3.63, 3.8) is 0 Å². The first-order valence-electron chi connectivity index (χ1n) is 15.5. The average molecular weight is 630 g/mol. The monoisotopic (exact) mass is 629 g/mol. The fraction of sp³-hybridized carbons (Fsp3) is 0.594. The van der Waals surface area contributed by atoms with Crippen molar-refractivity contribution in [3.05, 3.63) is 33.7 Å². The van der Waals surface area contributed by atoms with Crippen LogP contribution in [0.4, 0.5) is 19.0 Å². The van der Waals surface area contributed by atoms with Gasteiger partial charge in [0.15, 0.2) is 17.2 Å². The van der Waals surface area contributed by atoms with Crippen LogP contribution in [0.25, 0.3) is 22.2 Å². The summed E-state index contributed by atoms with van der Waals surface area (Å²) in [5.41, 5.74) is 0.405. The van der Waals surface area contributed by atoms with E-state index in [0.29, 0.717) is 55.2 Å². The van der Waals surface area contributed by atoms with Crippen molar-refractivity contribution < 1.29 is 27.4 Å². The number of rotatable bonds is 5. The molecule has 0 amide bonds. The maximum absolute atomic E-state index is 17.0. The molecule has 44 heavy (non-hydrogen) atoms. The lowest BCUT2D eigenvalue weighted by Crippen LogP contribution is -2.67. The smallest absolute Gasteiger partial charge is 0.319 e. The molecular weight excluding hydrogens is 595 g/mol. The van der Waals surface area contributed by atoms with Crippen LogP contribution in [0.15, 0.2) is 6.07 Å². The molecule has 0 unspecified atom stereocenters. The summed E-state index contributed by atoms with van der Waals surface area (Å²) in [6, 6.07) is 1.69. The fourth-order valence-corrected chi connectivity index (χ4v) is 8.56. The van der Waals surface area contributed by atoms with Gasteiger partial charge in [-0.1, -0.05) is 11.6 Å². The largest absolute Gasteiger partial charge is 0.478 e. The normalized spacial score (nSPS) is 27.2.